The first-order valence-electron chi connectivity index (χ1n) is 5.76. The average Bonchev–Trinajstić information content (AvgIpc) is 2.74. The molecule has 1 N–H and O–H groups in total. The van der Waals surface area contributed by atoms with Crippen LogP contribution in [0.4, 0.5) is 5.69 Å². The molecule has 0 spiro atoms. The summed E-state index contributed by atoms with van der Waals surface area (Å²) in [6, 6.07) is 9.73. The van der Waals surface area contributed by atoms with Crippen LogP contribution in [0.5, 0.6) is 0 Å². The van der Waals surface area contributed by atoms with Crippen molar-refractivity contribution in [3.63, 3.8) is 0 Å². The van der Waals surface area contributed by atoms with Gasteiger partial charge < -0.3 is 4.57 Å². The zero-order chi connectivity index (χ0) is 13.1. The Bertz CT molecular complexity index is 584. The van der Waals surface area contributed by atoms with Crippen molar-refractivity contribution in [2.24, 2.45) is 12.1 Å². The molecule has 94 valence electrons. The maximum atomic E-state index is 5.91. The van der Waals surface area contributed by atoms with E-state index in [1.165, 1.54) is 0 Å². The molecule has 1 aromatic heterocycles. The third-order valence-corrected chi connectivity index (χ3v) is 3.08. The van der Waals surface area contributed by atoms with Crippen LogP contribution >= 0.6 is 11.6 Å². The summed E-state index contributed by atoms with van der Waals surface area (Å²) in [5.74, 6) is 0. The van der Waals surface area contributed by atoms with Crippen molar-refractivity contribution >= 4 is 23.0 Å². The predicted molar refractivity (Wildman–Crippen MR) is 77.4 cm³/mol. The Morgan fingerprint density at radius 2 is 2.11 bits per heavy atom. The molecule has 0 aliphatic carbocycles. The monoisotopic (exact) mass is 261 g/mol. The van der Waals surface area contributed by atoms with Gasteiger partial charge in [-0.05, 0) is 49.7 Å². The molecule has 0 amide bonds. The first kappa shape index (κ1) is 12.7. The summed E-state index contributed by atoms with van der Waals surface area (Å²) in [4.78, 5) is 0. The number of aromatic nitrogens is 1. The van der Waals surface area contributed by atoms with E-state index >= 15 is 0 Å². The lowest BCUT2D eigenvalue weighted by Crippen LogP contribution is -2.05. The Balaban J connectivity index is 2.18. The molecule has 0 saturated heterocycles. The molecule has 4 heteroatoms. The Kier molecular flexibility index (Phi) is 3.72. The van der Waals surface area contributed by atoms with E-state index in [0.717, 1.165) is 27.7 Å². The highest BCUT2D eigenvalue weighted by molar-refractivity contribution is 6.30. The minimum absolute atomic E-state index is 0.737. The zero-order valence-corrected chi connectivity index (χ0v) is 11.5. The second-order valence-corrected chi connectivity index (χ2v) is 4.71. The fourth-order valence-corrected chi connectivity index (χ4v) is 2.02. The lowest BCUT2D eigenvalue weighted by molar-refractivity contribution is 0.913. The molecule has 0 saturated carbocycles. The number of anilines is 1. The van der Waals surface area contributed by atoms with Gasteiger partial charge in [0.2, 0.25) is 0 Å². The minimum atomic E-state index is 0.737. The lowest BCUT2D eigenvalue weighted by atomic mass is 10.2. The number of nitrogens with one attached hydrogen (secondary N) is 1. The average molecular weight is 262 g/mol. The third-order valence-electron chi connectivity index (χ3n) is 2.85. The van der Waals surface area contributed by atoms with Crippen LogP contribution in [0.25, 0.3) is 0 Å². The molecule has 2 rings (SSSR count). The first-order chi connectivity index (χ1) is 8.58. The van der Waals surface area contributed by atoms with Gasteiger partial charge in [0.25, 0.3) is 0 Å². The van der Waals surface area contributed by atoms with Gasteiger partial charge in [-0.1, -0.05) is 11.6 Å². The molecule has 0 aliphatic rings. The van der Waals surface area contributed by atoms with Crippen LogP contribution in [-0.2, 0) is 7.05 Å². The summed E-state index contributed by atoms with van der Waals surface area (Å²) in [6.07, 6.45) is 2.00. The maximum Gasteiger partial charge on any atom is 0.0812 e. The van der Waals surface area contributed by atoms with E-state index in [1.807, 2.05) is 62.0 Å². The summed E-state index contributed by atoms with van der Waals surface area (Å²) >= 11 is 5.91. The van der Waals surface area contributed by atoms with Crippen LogP contribution in [0.15, 0.2) is 41.6 Å². The molecule has 0 aliphatic heterocycles. The maximum absolute atomic E-state index is 5.91. The van der Waals surface area contributed by atoms with E-state index < -0.39 is 0 Å². The standard InChI is InChI=1S/C14H16ClN3/c1-10-9-12(15)6-7-13(10)17-16-11(2)14-5-4-8-18(14)3/h4-9,17H,1-3H3/b16-11-. The molecule has 0 atom stereocenters. The summed E-state index contributed by atoms with van der Waals surface area (Å²) in [7, 11) is 2.00. The number of hydrazone groups is 1. The van der Waals surface area contributed by atoms with Crippen molar-refractivity contribution < 1.29 is 0 Å². The van der Waals surface area contributed by atoms with Crippen LogP contribution < -0.4 is 5.43 Å². The fourth-order valence-electron chi connectivity index (χ4n) is 1.79. The SMILES string of the molecule is C/C(=N/Nc1ccc(Cl)cc1C)c1cccn1C. The molecule has 1 heterocycles. The lowest BCUT2D eigenvalue weighted by Gasteiger charge is -2.07. The highest BCUT2D eigenvalue weighted by Crippen LogP contribution is 2.19. The first-order valence-corrected chi connectivity index (χ1v) is 6.14. The van der Waals surface area contributed by atoms with Gasteiger partial charge in [-0.3, -0.25) is 5.43 Å². The summed E-state index contributed by atoms with van der Waals surface area (Å²) in [5, 5.41) is 5.13. The van der Waals surface area contributed by atoms with Gasteiger partial charge in [0, 0.05) is 18.3 Å². The van der Waals surface area contributed by atoms with Gasteiger partial charge in [0.15, 0.2) is 0 Å². The summed E-state index contributed by atoms with van der Waals surface area (Å²) in [5.41, 5.74) is 7.15. The largest absolute Gasteiger partial charge is 0.350 e. The zero-order valence-electron chi connectivity index (χ0n) is 10.7. The molecule has 0 unspecified atom stereocenters. The molecule has 1 aromatic carbocycles. The molecule has 0 fully saturated rings. The fraction of sp³-hybridized carbons (Fsp3) is 0.214. The molecule has 0 radical (unpaired) electrons. The van der Waals surface area contributed by atoms with E-state index in [9.17, 15) is 0 Å². The number of nitrogens with zero attached hydrogens (tertiary/aromatic N) is 2. The Morgan fingerprint density at radius 1 is 1.33 bits per heavy atom. The molecule has 0 bridgehead atoms. The van der Waals surface area contributed by atoms with Gasteiger partial charge >= 0.3 is 0 Å². The second kappa shape index (κ2) is 5.27. The molecule has 18 heavy (non-hydrogen) atoms. The van der Waals surface area contributed by atoms with Crippen LogP contribution in [0.1, 0.15) is 18.2 Å². The quantitative estimate of drug-likeness (QED) is 0.660. The van der Waals surface area contributed by atoms with Gasteiger partial charge in [0.1, 0.15) is 0 Å². The van der Waals surface area contributed by atoms with Crippen molar-refractivity contribution in [2.75, 3.05) is 5.43 Å². The summed E-state index contributed by atoms with van der Waals surface area (Å²) < 4.78 is 2.04. The van der Waals surface area contributed by atoms with Gasteiger partial charge in [0.05, 0.1) is 17.1 Å². The predicted octanol–water partition coefficient (Wildman–Crippen LogP) is 3.82. The van der Waals surface area contributed by atoms with Crippen LogP contribution in [0, 0.1) is 6.92 Å². The molecular weight excluding hydrogens is 246 g/mol. The van der Waals surface area contributed by atoms with Crippen LogP contribution in [0.2, 0.25) is 5.02 Å². The molecule has 2 aromatic rings. The van der Waals surface area contributed by atoms with Crippen molar-refractivity contribution in [1.29, 1.82) is 0 Å². The third kappa shape index (κ3) is 2.74. The normalized spacial score (nSPS) is 11.7. The van der Waals surface area contributed by atoms with E-state index in [2.05, 4.69) is 10.5 Å². The van der Waals surface area contributed by atoms with Gasteiger partial charge in [-0.25, -0.2) is 0 Å². The molecular formula is C14H16ClN3. The molecule has 3 nitrogen and oxygen atoms in total. The minimum Gasteiger partial charge on any atom is -0.350 e. The second-order valence-electron chi connectivity index (χ2n) is 4.27. The van der Waals surface area contributed by atoms with Gasteiger partial charge in [-0.15, -0.1) is 0 Å². The summed E-state index contributed by atoms with van der Waals surface area (Å²) in [6.45, 7) is 3.98. The number of aryl methyl sites for hydroxylation is 2. The number of rotatable bonds is 3. The van der Waals surface area contributed by atoms with Crippen molar-refractivity contribution in [3.8, 4) is 0 Å². The smallest absolute Gasteiger partial charge is 0.0812 e. The highest BCUT2D eigenvalue weighted by Gasteiger charge is 2.02. The van der Waals surface area contributed by atoms with E-state index in [0.29, 0.717) is 0 Å². The number of halogens is 1. The van der Waals surface area contributed by atoms with Gasteiger partial charge in [-0.2, -0.15) is 5.10 Å². The number of hydrogen-bond donors (Lipinski definition) is 1. The Morgan fingerprint density at radius 3 is 2.72 bits per heavy atom. The van der Waals surface area contributed by atoms with E-state index in [1.54, 1.807) is 0 Å². The van der Waals surface area contributed by atoms with Crippen molar-refractivity contribution in [2.45, 2.75) is 13.8 Å². The van der Waals surface area contributed by atoms with Crippen LogP contribution in [-0.4, -0.2) is 10.3 Å². The Hall–Kier alpha value is -1.74. The van der Waals surface area contributed by atoms with E-state index in [4.69, 9.17) is 11.6 Å². The van der Waals surface area contributed by atoms with E-state index in [-0.39, 0.29) is 0 Å². The van der Waals surface area contributed by atoms with Crippen molar-refractivity contribution in [3.05, 3.63) is 52.8 Å². The number of hydrogen-bond acceptors (Lipinski definition) is 2. The van der Waals surface area contributed by atoms with Crippen molar-refractivity contribution in [1.82, 2.24) is 4.57 Å². The topological polar surface area (TPSA) is 29.3 Å². The highest BCUT2D eigenvalue weighted by atomic mass is 35.5. The van der Waals surface area contributed by atoms with Crippen LogP contribution in [0.3, 0.4) is 0 Å². The Labute approximate surface area is 112 Å². The number of benzene rings is 1.